The molecule has 0 heterocycles. The van der Waals surface area contributed by atoms with Crippen LogP contribution in [-0.4, -0.2) is 19.1 Å². The zero-order valence-corrected chi connectivity index (χ0v) is 13.0. The van der Waals surface area contributed by atoms with Gasteiger partial charge in [0.1, 0.15) is 5.75 Å². The van der Waals surface area contributed by atoms with E-state index in [0.29, 0.717) is 11.6 Å². The number of benzene rings is 1. The fourth-order valence-corrected chi connectivity index (χ4v) is 2.70. The molecule has 1 amide bonds. The van der Waals surface area contributed by atoms with E-state index < -0.39 is 0 Å². The lowest BCUT2D eigenvalue weighted by Gasteiger charge is -2.17. The van der Waals surface area contributed by atoms with Gasteiger partial charge < -0.3 is 10.1 Å². The Hall–Kier alpha value is -1.03. The van der Waals surface area contributed by atoms with Crippen molar-refractivity contribution in [2.75, 3.05) is 7.11 Å². The minimum Gasteiger partial charge on any atom is -0.496 e. The monoisotopic (exact) mass is 325 g/mol. The van der Waals surface area contributed by atoms with Crippen LogP contribution in [0, 0.1) is 5.92 Å². The van der Waals surface area contributed by atoms with Crippen molar-refractivity contribution in [3.05, 3.63) is 28.2 Å². The van der Waals surface area contributed by atoms with E-state index in [-0.39, 0.29) is 5.91 Å². The molecule has 1 aromatic rings. The van der Waals surface area contributed by atoms with Crippen molar-refractivity contribution in [3.63, 3.8) is 0 Å². The minimum atomic E-state index is -0.00384. The van der Waals surface area contributed by atoms with Crippen molar-refractivity contribution in [2.24, 2.45) is 5.92 Å². The van der Waals surface area contributed by atoms with Crippen LogP contribution in [0.3, 0.4) is 0 Å². The van der Waals surface area contributed by atoms with Gasteiger partial charge in [-0.05, 0) is 52.9 Å². The molecule has 1 unspecified atom stereocenters. The smallest absolute Gasteiger partial charge is 0.251 e. The van der Waals surface area contributed by atoms with Gasteiger partial charge in [-0.25, -0.2) is 0 Å². The maximum atomic E-state index is 12.2. The van der Waals surface area contributed by atoms with E-state index in [2.05, 4.69) is 28.2 Å². The zero-order chi connectivity index (χ0) is 13.8. The second-order valence-corrected chi connectivity index (χ2v) is 5.96. The summed E-state index contributed by atoms with van der Waals surface area (Å²) in [7, 11) is 1.61. The fourth-order valence-electron chi connectivity index (χ4n) is 2.16. The van der Waals surface area contributed by atoms with Crippen LogP contribution in [0.15, 0.2) is 22.7 Å². The summed E-state index contributed by atoms with van der Waals surface area (Å²) in [5, 5.41) is 3.12. The van der Waals surface area contributed by atoms with E-state index in [4.69, 9.17) is 4.74 Å². The molecule has 104 valence electrons. The molecule has 0 bridgehead atoms. The molecule has 1 aliphatic carbocycles. The van der Waals surface area contributed by atoms with E-state index >= 15 is 0 Å². The molecule has 4 heteroatoms. The predicted molar refractivity (Wildman–Crippen MR) is 79.6 cm³/mol. The van der Waals surface area contributed by atoms with Crippen LogP contribution >= 0.6 is 15.9 Å². The van der Waals surface area contributed by atoms with Gasteiger partial charge in [0.05, 0.1) is 11.6 Å². The summed E-state index contributed by atoms with van der Waals surface area (Å²) in [5.41, 5.74) is 0.668. The lowest BCUT2D eigenvalue weighted by atomic mass is 10.1. The fraction of sp³-hybridized carbons (Fsp3) is 0.533. The molecule has 1 saturated carbocycles. The highest BCUT2D eigenvalue weighted by atomic mass is 79.9. The number of nitrogens with one attached hydrogen (secondary N) is 1. The maximum Gasteiger partial charge on any atom is 0.251 e. The van der Waals surface area contributed by atoms with Crippen LogP contribution in [0.1, 0.15) is 43.0 Å². The standard InChI is InChI=1S/C15H20BrNO2/c1-3-12(8-10-4-5-10)17-15(18)11-6-7-14(19-2)13(16)9-11/h6-7,9-10,12H,3-5,8H2,1-2H3,(H,17,18). The quantitative estimate of drug-likeness (QED) is 0.864. The molecule has 0 aromatic heterocycles. The predicted octanol–water partition coefficient (Wildman–Crippen LogP) is 3.77. The van der Waals surface area contributed by atoms with E-state index in [1.165, 1.54) is 12.8 Å². The molecular weight excluding hydrogens is 306 g/mol. The highest BCUT2D eigenvalue weighted by Crippen LogP contribution is 2.34. The van der Waals surface area contributed by atoms with Gasteiger partial charge in [-0.2, -0.15) is 0 Å². The van der Waals surface area contributed by atoms with Gasteiger partial charge in [-0.15, -0.1) is 0 Å². The molecule has 1 atom stereocenters. The molecule has 1 aromatic carbocycles. The van der Waals surface area contributed by atoms with E-state index in [1.807, 2.05) is 0 Å². The average Bonchev–Trinajstić information content (AvgIpc) is 3.21. The SMILES string of the molecule is CCC(CC1CC1)NC(=O)c1ccc(OC)c(Br)c1. The number of carbonyl (C=O) groups excluding carboxylic acids is 1. The first kappa shape index (κ1) is 14.4. The second-order valence-electron chi connectivity index (χ2n) is 5.11. The number of halogens is 1. The van der Waals surface area contributed by atoms with Crippen molar-refractivity contribution in [1.29, 1.82) is 0 Å². The third-order valence-corrected chi connectivity index (χ3v) is 4.18. The van der Waals surface area contributed by atoms with E-state index in [1.54, 1.807) is 25.3 Å². The molecular formula is C15H20BrNO2. The first-order valence-electron chi connectivity index (χ1n) is 6.78. The van der Waals surface area contributed by atoms with Gasteiger partial charge in [0.15, 0.2) is 0 Å². The Kier molecular flexibility index (Phi) is 4.86. The van der Waals surface area contributed by atoms with Gasteiger partial charge in [0, 0.05) is 11.6 Å². The van der Waals surface area contributed by atoms with Gasteiger partial charge in [0.25, 0.3) is 5.91 Å². The molecule has 19 heavy (non-hydrogen) atoms. The van der Waals surface area contributed by atoms with E-state index in [9.17, 15) is 4.79 Å². The number of ether oxygens (including phenoxy) is 1. The number of amides is 1. The maximum absolute atomic E-state index is 12.2. The summed E-state index contributed by atoms with van der Waals surface area (Å²) in [5.74, 6) is 1.56. The summed E-state index contributed by atoms with van der Waals surface area (Å²) in [6.07, 6.45) is 4.74. The van der Waals surface area contributed by atoms with Crippen molar-refractivity contribution < 1.29 is 9.53 Å². The number of methoxy groups -OCH3 is 1. The Balaban J connectivity index is 1.99. The number of hydrogen-bond acceptors (Lipinski definition) is 2. The summed E-state index contributed by atoms with van der Waals surface area (Å²) in [4.78, 5) is 12.2. The molecule has 1 N–H and O–H groups in total. The van der Waals surface area contributed by atoms with Crippen LogP contribution < -0.4 is 10.1 Å². The van der Waals surface area contributed by atoms with Crippen LogP contribution in [0.2, 0.25) is 0 Å². The Morgan fingerprint density at radius 2 is 2.26 bits per heavy atom. The molecule has 2 rings (SSSR count). The molecule has 1 fully saturated rings. The second kappa shape index (κ2) is 6.42. The summed E-state index contributed by atoms with van der Waals surface area (Å²) < 4.78 is 5.97. The lowest BCUT2D eigenvalue weighted by molar-refractivity contribution is 0.0932. The first-order chi connectivity index (χ1) is 9.13. The first-order valence-corrected chi connectivity index (χ1v) is 7.57. The van der Waals surface area contributed by atoms with Crippen LogP contribution in [0.4, 0.5) is 0 Å². The Bertz CT molecular complexity index is 457. The van der Waals surface area contributed by atoms with Gasteiger partial charge in [-0.3, -0.25) is 4.79 Å². The summed E-state index contributed by atoms with van der Waals surface area (Å²) >= 11 is 3.40. The minimum absolute atomic E-state index is 0.00384. The molecule has 3 nitrogen and oxygen atoms in total. The van der Waals surface area contributed by atoms with Crippen LogP contribution in [-0.2, 0) is 0 Å². The lowest BCUT2D eigenvalue weighted by Crippen LogP contribution is -2.34. The van der Waals surface area contributed by atoms with Crippen molar-refractivity contribution in [2.45, 2.75) is 38.6 Å². The molecule has 0 radical (unpaired) electrons. The van der Waals surface area contributed by atoms with Gasteiger partial charge >= 0.3 is 0 Å². The normalized spacial score (nSPS) is 15.9. The Morgan fingerprint density at radius 3 is 2.79 bits per heavy atom. The number of hydrogen-bond donors (Lipinski definition) is 1. The van der Waals surface area contributed by atoms with Gasteiger partial charge in [-0.1, -0.05) is 19.8 Å². The van der Waals surface area contributed by atoms with Crippen molar-refractivity contribution in [3.8, 4) is 5.75 Å². The Labute approximate surface area is 122 Å². The number of rotatable bonds is 6. The summed E-state index contributed by atoms with van der Waals surface area (Å²) in [6, 6.07) is 5.70. The van der Waals surface area contributed by atoms with Crippen molar-refractivity contribution >= 4 is 21.8 Å². The largest absolute Gasteiger partial charge is 0.496 e. The molecule has 1 aliphatic rings. The highest BCUT2D eigenvalue weighted by Gasteiger charge is 2.25. The number of carbonyl (C=O) groups is 1. The van der Waals surface area contributed by atoms with Crippen LogP contribution in [0.5, 0.6) is 5.75 Å². The third-order valence-electron chi connectivity index (χ3n) is 3.56. The van der Waals surface area contributed by atoms with Crippen LogP contribution in [0.25, 0.3) is 0 Å². The summed E-state index contributed by atoms with van der Waals surface area (Å²) in [6.45, 7) is 2.12. The molecule has 0 saturated heterocycles. The molecule has 0 aliphatic heterocycles. The zero-order valence-electron chi connectivity index (χ0n) is 11.4. The Morgan fingerprint density at radius 1 is 1.53 bits per heavy atom. The molecule has 0 spiro atoms. The third kappa shape index (κ3) is 3.96. The average molecular weight is 326 g/mol. The van der Waals surface area contributed by atoms with E-state index in [0.717, 1.165) is 29.0 Å². The van der Waals surface area contributed by atoms with Crippen molar-refractivity contribution in [1.82, 2.24) is 5.32 Å². The topological polar surface area (TPSA) is 38.3 Å². The highest BCUT2D eigenvalue weighted by molar-refractivity contribution is 9.10. The van der Waals surface area contributed by atoms with Gasteiger partial charge in [0.2, 0.25) is 0 Å².